The minimum absolute atomic E-state index is 0.00998. The Bertz CT molecular complexity index is 635. The summed E-state index contributed by atoms with van der Waals surface area (Å²) in [6.07, 6.45) is 38.9. The van der Waals surface area contributed by atoms with Crippen molar-refractivity contribution in [1.82, 2.24) is 0 Å². The van der Waals surface area contributed by atoms with E-state index in [-0.39, 0.29) is 18.5 Å². The van der Waals surface area contributed by atoms with Gasteiger partial charge in [-0.05, 0) is 70.6 Å². The number of hydrogen-bond acceptors (Lipinski definition) is 3. The van der Waals surface area contributed by atoms with E-state index in [0.29, 0.717) is 6.42 Å². The first kappa shape index (κ1) is 37.2. The monoisotopic (exact) mass is 546 g/mol. The number of hydrogen-bond donors (Lipinski definition) is 1. The summed E-state index contributed by atoms with van der Waals surface area (Å²) in [5, 5.41) is 8.70. The number of allylic oxidation sites excluding steroid dienone is 6. The molecule has 4 nitrogen and oxygen atoms in total. The van der Waals surface area contributed by atoms with Gasteiger partial charge in [-0.3, -0.25) is 9.59 Å². The van der Waals surface area contributed by atoms with Crippen LogP contribution in [-0.4, -0.2) is 23.1 Å². The predicted molar refractivity (Wildman–Crippen MR) is 167 cm³/mol. The molecule has 0 aliphatic rings. The Morgan fingerprint density at radius 2 is 1.08 bits per heavy atom. The number of carboxylic acids is 1. The van der Waals surface area contributed by atoms with E-state index in [9.17, 15) is 9.59 Å². The highest BCUT2D eigenvalue weighted by Crippen LogP contribution is 2.18. The Morgan fingerprint density at radius 3 is 1.67 bits per heavy atom. The second-order valence-electron chi connectivity index (χ2n) is 11.0. The predicted octanol–water partition coefficient (Wildman–Crippen LogP) is 11.1. The van der Waals surface area contributed by atoms with Gasteiger partial charge in [-0.15, -0.1) is 0 Å². The van der Waals surface area contributed by atoms with Crippen molar-refractivity contribution in [3.8, 4) is 0 Å². The van der Waals surface area contributed by atoms with Crippen molar-refractivity contribution < 1.29 is 19.4 Å². The molecule has 0 fully saturated rings. The first-order chi connectivity index (χ1) is 19.1. The Balaban J connectivity index is 3.77. The van der Waals surface area contributed by atoms with Crippen LogP contribution >= 0.6 is 0 Å². The van der Waals surface area contributed by atoms with Crippen molar-refractivity contribution in [1.29, 1.82) is 0 Å². The summed E-state index contributed by atoms with van der Waals surface area (Å²) >= 11 is 0. The van der Waals surface area contributed by atoms with Crippen LogP contribution in [-0.2, 0) is 14.3 Å². The number of unbranched alkanes of at least 4 members (excludes halogenated alkanes) is 14. The fraction of sp³-hybridized carbons (Fsp3) is 0.771. The van der Waals surface area contributed by atoms with E-state index in [1.165, 1.54) is 51.4 Å². The van der Waals surface area contributed by atoms with Gasteiger partial charge in [0.15, 0.2) is 0 Å². The molecule has 1 atom stereocenters. The molecular formula is C35H62O4. The van der Waals surface area contributed by atoms with Gasteiger partial charge in [-0.2, -0.15) is 0 Å². The minimum atomic E-state index is -0.698. The largest absolute Gasteiger partial charge is 0.481 e. The van der Waals surface area contributed by atoms with Crippen LogP contribution in [0.3, 0.4) is 0 Å². The van der Waals surface area contributed by atoms with E-state index < -0.39 is 5.97 Å². The number of ether oxygens (including phenoxy) is 1. The topological polar surface area (TPSA) is 63.6 Å². The quantitative estimate of drug-likeness (QED) is 0.0575. The summed E-state index contributed by atoms with van der Waals surface area (Å²) in [5.74, 6) is -0.708. The summed E-state index contributed by atoms with van der Waals surface area (Å²) in [7, 11) is 0. The third-order valence-electron chi connectivity index (χ3n) is 7.13. The lowest BCUT2D eigenvalue weighted by atomic mass is 10.0. The van der Waals surface area contributed by atoms with Gasteiger partial charge in [0.2, 0.25) is 0 Å². The number of carboxylic acid groups (broad SMARTS) is 1. The lowest BCUT2D eigenvalue weighted by Crippen LogP contribution is -2.18. The summed E-state index contributed by atoms with van der Waals surface area (Å²) in [6.45, 7) is 4.37. The number of carbonyl (C=O) groups excluding carboxylic acids is 1. The van der Waals surface area contributed by atoms with Gasteiger partial charge in [0, 0.05) is 12.8 Å². The molecule has 0 radical (unpaired) electrons. The van der Waals surface area contributed by atoms with Crippen molar-refractivity contribution in [3.05, 3.63) is 36.5 Å². The maximum absolute atomic E-state index is 12.4. The molecule has 0 rings (SSSR count). The average Bonchev–Trinajstić information content (AvgIpc) is 2.91. The van der Waals surface area contributed by atoms with Crippen LogP contribution in [0.5, 0.6) is 0 Å². The molecule has 0 aromatic rings. The minimum Gasteiger partial charge on any atom is -0.481 e. The zero-order chi connectivity index (χ0) is 28.7. The molecule has 1 unspecified atom stereocenters. The average molecular weight is 547 g/mol. The van der Waals surface area contributed by atoms with Gasteiger partial charge in [-0.1, -0.05) is 121 Å². The number of esters is 1. The second-order valence-corrected chi connectivity index (χ2v) is 11.0. The summed E-state index contributed by atoms with van der Waals surface area (Å²) < 4.78 is 5.88. The standard InChI is InChI=1S/C35H62O4/c1-3-5-7-8-9-10-11-12-13-14-15-16-17-18-19-24-28-32-35(38)39-33(29-25-6-4-2)30-26-22-20-21-23-27-31-34(36)37/h5,7,9-10,12-13,33H,3-4,6,8,11,14-32H2,1-2H3,(H,36,37)/b7-5-,10-9-,13-12-. The van der Waals surface area contributed by atoms with Crippen molar-refractivity contribution in [2.24, 2.45) is 0 Å². The third kappa shape index (κ3) is 30.6. The fourth-order valence-corrected chi connectivity index (χ4v) is 4.73. The SMILES string of the molecule is CC/C=C\C/C=C\C/C=C\CCCCCCCCCC(=O)OC(CCCCC)CCCCCCCCC(=O)O. The molecule has 0 heterocycles. The fourth-order valence-electron chi connectivity index (χ4n) is 4.73. The Morgan fingerprint density at radius 1 is 0.590 bits per heavy atom. The molecule has 0 aliphatic heterocycles. The van der Waals surface area contributed by atoms with Crippen molar-refractivity contribution in [2.75, 3.05) is 0 Å². The van der Waals surface area contributed by atoms with Gasteiger partial charge in [0.25, 0.3) is 0 Å². The lowest BCUT2D eigenvalue weighted by Gasteiger charge is -2.18. The number of aliphatic carboxylic acids is 1. The van der Waals surface area contributed by atoms with Crippen LogP contribution in [0, 0.1) is 0 Å². The molecule has 0 aromatic heterocycles. The zero-order valence-electron chi connectivity index (χ0n) is 25.7. The summed E-state index contributed by atoms with van der Waals surface area (Å²) in [5.41, 5.74) is 0. The molecular weight excluding hydrogens is 484 g/mol. The molecule has 226 valence electrons. The van der Waals surface area contributed by atoms with E-state index in [2.05, 4.69) is 50.3 Å². The van der Waals surface area contributed by atoms with E-state index in [4.69, 9.17) is 9.84 Å². The second kappa shape index (κ2) is 30.7. The first-order valence-electron chi connectivity index (χ1n) is 16.5. The Hall–Kier alpha value is -1.84. The highest BCUT2D eigenvalue weighted by molar-refractivity contribution is 5.69. The summed E-state index contributed by atoms with van der Waals surface area (Å²) in [6, 6.07) is 0. The van der Waals surface area contributed by atoms with Gasteiger partial charge in [0.1, 0.15) is 6.10 Å². The van der Waals surface area contributed by atoms with Crippen molar-refractivity contribution in [2.45, 2.75) is 174 Å². The molecule has 1 N–H and O–H groups in total. The Kier molecular flexibility index (Phi) is 29.2. The number of rotatable bonds is 29. The van der Waals surface area contributed by atoms with E-state index in [0.717, 1.165) is 89.9 Å². The van der Waals surface area contributed by atoms with E-state index in [1.54, 1.807) is 0 Å². The van der Waals surface area contributed by atoms with Crippen molar-refractivity contribution in [3.63, 3.8) is 0 Å². The molecule has 0 saturated heterocycles. The van der Waals surface area contributed by atoms with Gasteiger partial charge in [-0.25, -0.2) is 0 Å². The highest BCUT2D eigenvalue weighted by atomic mass is 16.5. The van der Waals surface area contributed by atoms with Crippen LogP contribution in [0.25, 0.3) is 0 Å². The molecule has 0 aromatic carbocycles. The Labute approximate surface area is 241 Å². The normalized spacial score (nSPS) is 12.7. The van der Waals surface area contributed by atoms with E-state index >= 15 is 0 Å². The van der Waals surface area contributed by atoms with Crippen LogP contribution in [0.1, 0.15) is 168 Å². The molecule has 0 saturated carbocycles. The van der Waals surface area contributed by atoms with Crippen LogP contribution in [0.2, 0.25) is 0 Å². The van der Waals surface area contributed by atoms with Gasteiger partial charge in [0.05, 0.1) is 0 Å². The number of carbonyl (C=O) groups is 2. The van der Waals surface area contributed by atoms with E-state index in [1.807, 2.05) is 0 Å². The first-order valence-corrected chi connectivity index (χ1v) is 16.5. The molecule has 39 heavy (non-hydrogen) atoms. The smallest absolute Gasteiger partial charge is 0.306 e. The lowest BCUT2D eigenvalue weighted by molar-refractivity contribution is -0.150. The third-order valence-corrected chi connectivity index (χ3v) is 7.13. The van der Waals surface area contributed by atoms with Gasteiger partial charge >= 0.3 is 11.9 Å². The molecule has 4 heteroatoms. The maximum Gasteiger partial charge on any atom is 0.306 e. The van der Waals surface area contributed by atoms with Crippen LogP contribution in [0.4, 0.5) is 0 Å². The molecule has 0 bridgehead atoms. The summed E-state index contributed by atoms with van der Waals surface area (Å²) in [4.78, 5) is 23.0. The zero-order valence-corrected chi connectivity index (χ0v) is 25.7. The molecule has 0 spiro atoms. The molecule has 0 aliphatic carbocycles. The van der Waals surface area contributed by atoms with Crippen molar-refractivity contribution >= 4 is 11.9 Å². The maximum atomic E-state index is 12.4. The van der Waals surface area contributed by atoms with Gasteiger partial charge < -0.3 is 9.84 Å². The molecule has 0 amide bonds. The highest BCUT2D eigenvalue weighted by Gasteiger charge is 2.14. The van der Waals surface area contributed by atoms with Crippen LogP contribution < -0.4 is 0 Å². The van der Waals surface area contributed by atoms with Crippen LogP contribution in [0.15, 0.2) is 36.5 Å².